The van der Waals surface area contributed by atoms with E-state index >= 15 is 0 Å². The standard InChI is InChI=1S/C15H18BNO3/c1-14(2)15(3,4)20-16(19-14)13-9-11(10-18-13)12-7-5-6-8-17-12/h5-10H,1-4H3. The molecule has 1 saturated heterocycles. The fraction of sp³-hybridized carbons (Fsp3) is 0.400. The molecule has 0 aromatic carbocycles. The van der Waals surface area contributed by atoms with E-state index in [4.69, 9.17) is 13.7 Å². The summed E-state index contributed by atoms with van der Waals surface area (Å²) in [5.74, 6) is 0. The van der Waals surface area contributed by atoms with E-state index in [0.717, 1.165) is 11.3 Å². The van der Waals surface area contributed by atoms with Crippen molar-refractivity contribution >= 4 is 12.8 Å². The molecule has 0 radical (unpaired) electrons. The quantitative estimate of drug-likeness (QED) is 0.787. The van der Waals surface area contributed by atoms with Gasteiger partial charge < -0.3 is 13.7 Å². The molecule has 2 aromatic heterocycles. The maximum Gasteiger partial charge on any atom is 0.532 e. The molecule has 0 bridgehead atoms. The minimum Gasteiger partial charge on any atom is -0.472 e. The van der Waals surface area contributed by atoms with E-state index in [-0.39, 0.29) is 11.2 Å². The van der Waals surface area contributed by atoms with Crippen LogP contribution in [0.3, 0.4) is 0 Å². The van der Waals surface area contributed by atoms with Gasteiger partial charge in [-0.3, -0.25) is 4.98 Å². The van der Waals surface area contributed by atoms with Crippen molar-refractivity contribution in [2.45, 2.75) is 38.9 Å². The number of rotatable bonds is 2. The Hall–Kier alpha value is -1.59. The second kappa shape index (κ2) is 4.47. The summed E-state index contributed by atoms with van der Waals surface area (Å²) in [4.78, 5) is 4.30. The topological polar surface area (TPSA) is 44.5 Å². The van der Waals surface area contributed by atoms with Crippen LogP contribution in [0.5, 0.6) is 0 Å². The lowest BCUT2D eigenvalue weighted by Gasteiger charge is -2.32. The Labute approximate surface area is 119 Å². The smallest absolute Gasteiger partial charge is 0.472 e. The molecule has 5 heteroatoms. The molecule has 0 unspecified atom stereocenters. The fourth-order valence-electron chi connectivity index (χ4n) is 2.10. The van der Waals surface area contributed by atoms with Crippen molar-refractivity contribution in [3.63, 3.8) is 0 Å². The van der Waals surface area contributed by atoms with E-state index in [1.54, 1.807) is 12.5 Å². The van der Waals surface area contributed by atoms with Crippen molar-refractivity contribution in [1.29, 1.82) is 0 Å². The summed E-state index contributed by atoms with van der Waals surface area (Å²) in [5.41, 5.74) is 1.74. The maximum atomic E-state index is 5.96. The first-order valence-electron chi connectivity index (χ1n) is 6.74. The Kier molecular flexibility index (Phi) is 2.99. The molecule has 0 spiro atoms. The van der Waals surface area contributed by atoms with Crippen LogP contribution >= 0.6 is 0 Å². The van der Waals surface area contributed by atoms with Crippen LogP contribution in [0.25, 0.3) is 11.3 Å². The van der Waals surface area contributed by atoms with Gasteiger partial charge in [-0.15, -0.1) is 0 Å². The van der Waals surface area contributed by atoms with Crippen molar-refractivity contribution in [2.75, 3.05) is 0 Å². The van der Waals surface area contributed by atoms with Gasteiger partial charge in [0, 0.05) is 11.8 Å². The van der Waals surface area contributed by atoms with Gasteiger partial charge in [0.1, 0.15) is 5.66 Å². The molecule has 0 saturated carbocycles. The summed E-state index contributed by atoms with van der Waals surface area (Å²) in [7, 11) is -0.475. The predicted octanol–water partition coefficient (Wildman–Crippen LogP) is 2.64. The van der Waals surface area contributed by atoms with Gasteiger partial charge in [-0.05, 0) is 45.9 Å². The SMILES string of the molecule is CC1(C)OB(c2cc(-c3ccccn3)co2)OC1(C)C. The zero-order chi connectivity index (χ0) is 14.4. The Bertz CT molecular complexity index is 591. The first-order valence-corrected chi connectivity index (χ1v) is 6.74. The van der Waals surface area contributed by atoms with Gasteiger partial charge in [0.25, 0.3) is 0 Å². The molecule has 1 fully saturated rings. The molecule has 0 amide bonds. The first-order chi connectivity index (χ1) is 9.39. The lowest BCUT2D eigenvalue weighted by atomic mass is 9.86. The van der Waals surface area contributed by atoms with E-state index in [1.165, 1.54) is 0 Å². The molecule has 1 aliphatic rings. The Balaban J connectivity index is 1.86. The van der Waals surface area contributed by atoms with Crippen LogP contribution in [-0.2, 0) is 9.31 Å². The molecule has 3 rings (SSSR count). The molecule has 0 atom stereocenters. The van der Waals surface area contributed by atoms with E-state index in [0.29, 0.717) is 5.66 Å². The second-order valence-corrected chi connectivity index (χ2v) is 6.04. The number of hydrogen-bond acceptors (Lipinski definition) is 4. The van der Waals surface area contributed by atoms with Crippen LogP contribution in [0.4, 0.5) is 0 Å². The third kappa shape index (κ3) is 2.17. The maximum absolute atomic E-state index is 5.96. The summed E-state index contributed by atoms with van der Waals surface area (Å²) in [6.45, 7) is 8.09. The second-order valence-electron chi connectivity index (χ2n) is 6.04. The number of nitrogens with zero attached hydrogens (tertiary/aromatic N) is 1. The average molecular weight is 271 g/mol. The summed E-state index contributed by atoms with van der Waals surface area (Å²) in [5, 5.41) is 0. The van der Waals surface area contributed by atoms with Gasteiger partial charge in [0.2, 0.25) is 0 Å². The highest BCUT2D eigenvalue weighted by Crippen LogP contribution is 2.36. The normalized spacial score (nSPS) is 20.3. The van der Waals surface area contributed by atoms with Crippen molar-refractivity contribution in [2.24, 2.45) is 0 Å². The van der Waals surface area contributed by atoms with Gasteiger partial charge in [0.05, 0.1) is 23.2 Å². The molecule has 104 valence electrons. The minimum atomic E-state index is -0.475. The Morgan fingerprint density at radius 1 is 1.05 bits per heavy atom. The van der Waals surface area contributed by atoms with Gasteiger partial charge in [-0.1, -0.05) is 6.07 Å². The fourth-order valence-corrected chi connectivity index (χ4v) is 2.10. The van der Waals surface area contributed by atoms with E-state index < -0.39 is 7.12 Å². The minimum absolute atomic E-state index is 0.365. The van der Waals surface area contributed by atoms with Gasteiger partial charge in [-0.25, -0.2) is 0 Å². The average Bonchev–Trinajstić information content (AvgIpc) is 2.94. The molecule has 20 heavy (non-hydrogen) atoms. The Morgan fingerprint density at radius 3 is 2.35 bits per heavy atom. The van der Waals surface area contributed by atoms with Crippen LogP contribution in [-0.4, -0.2) is 23.3 Å². The zero-order valence-electron chi connectivity index (χ0n) is 12.2. The van der Waals surface area contributed by atoms with Gasteiger partial charge >= 0.3 is 7.12 Å². The van der Waals surface area contributed by atoms with Crippen LogP contribution in [0, 0.1) is 0 Å². The number of hydrogen-bond donors (Lipinski definition) is 0. The van der Waals surface area contributed by atoms with Crippen LogP contribution < -0.4 is 5.66 Å². The van der Waals surface area contributed by atoms with Crippen LogP contribution in [0.1, 0.15) is 27.7 Å². The Morgan fingerprint density at radius 2 is 1.75 bits per heavy atom. The highest BCUT2D eigenvalue weighted by molar-refractivity contribution is 6.60. The summed E-state index contributed by atoms with van der Waals surface area (Å²) in [6, 6.07) is 7.70. The van der Waals surface area contributed by atoms with Crippen LogP contribution in [0.15, 0.2) is 41.1 Å². The van der Waals surface area contributed by atoms with E-state index in [2.05, 4.69) is 4.98 Å². The molecular weight excluding hydrogens is 253 g/mol. The van der Waals surface area contributed by atoms with Crippen LogP contribution in [0.2, 0.25) is 0 Å². The first kappa shape index (κ1) is 13.4. The zero-order valence-corrected chi connectivity index (χ0v) is 12.2. The highest BCUT2D eigenvalue weighted by Gasteiger charge is 2.53. The monoisotopic (exact) mass is 271 g/mol. The third-order valence-corrected chi connectivity index (χ3v) is 4.07. The largest absolute Gasteiger partial charge is 0.532 e. The third-order valence-electron chi connectivity index (χ3n) is 4.07. The molecular formula is C15H18BNO3. The molecule has 3 heterocycles. The van der Waals surface area contributed by atoms with Crippen molar-refractivity contribution in [3.05, 3.63) is 36.7 Å². The lowest BCUT2D eigenvalue weighted by Crippen LogP contribution is -2.41. The van der Waals surface area contributed by atoms with Gasteiger partial charge in [0.15, 0.2) is 0 Å². The number of aromatic nitrogens is 1. The number of furan rings is 1. The molecule has 1 aliphatic heterocycles. The number of pyridine rings is 1. The van der Waals surface area contributed by atoms with Crippen molar-refractivity contribution in [3.8, 4) is 11.3 Å². The summed E-state index contributed by atoms with van der Waals surface area (Å²) in [6.07, 6.45) is 3.44. The predicted molar refractivity (Wildman–Crippen MR) is 77.7 cm³/mol. The molecule has 0 N–H and O–H groups in total. The van der Waals surface area contributed by atoms with E-state index in [1.807, 2.05) is 52.0 Å². The molecule has 2 aromatic rings. The van der Waals surface area contributed by atoms with Crippen molar-refractivity contribution in [1.82, 2.24) is 4.98 Å². The van der Waals surface area contributed by atoms with Gasteiger partial charge in [-0.2, -0.15) is 0 Å². The van der Waals surface area contributed by atoms with E-state index in [9.17, 15) is 0 Å². The molecule has 4 nitrogen and oxygen atoms in total. The summed E-state index contributed by atoms with van der Waals surface area (Å²) >= 11 is 0. The van der Waals surface area contributed by atoms with Crippen molar-refractivity contribution < 1.29 is 13.7 Å². The molecule has 0 aliphatic carbocycles. The lowest BCUT2D eigenvalue weighted by molar-refractivity contribution is 0.00578. The summed E-state index contributed by atoms with van der Waals surface area (Å²) < 4.78 is 17.5. The highest BCUT2D eigenvalue weighted by atomic mass is 16.7.